The standard InChI is InChI=1S/C15H29O3Si2/c1-10(2)8-12(5)9-13(17-19-6)14(11(3)4)15(16)18-20-7/h10-14H,6,8-9H2,1-5,7H3. The van der Waals surface area contributed by atoms with Gasteiger partial charge in [0.1, 0.15) is 0 Å². The summed E-state index contributed by atoms with van der Waals surface area (Å²) in [6.45, 7) is 12.7. The summed E-state index contributed by atoms with van der Waals surface area (Å²) >= 11 is 0. The largest absolute Gasteiger partial charge is 0.545 e. The second-order valence-corrected chi connectivity index (χ2v) is 7.30. The van der Waals surface area contributed by atoms with Crippen molar-refractivity contribution in [2.24, 2.45) is 23.7 Å². The average Bonchev–Trinajstić information content (AvgIpc) is 2.27. The Hall–Kier alpha value is -0.426. The Morgan fingerprint density at radius 2 is 1.75 bits per heavy atom. The lowest BCUT2D eigenvalue weighted by atomic mass is 9.84. The van der Waals surface area contributed by atoms with Gasteiger partial charge in [0.2, 0.25) is 0 Å². The van der Waals surface area contributed by atoms with Crippen LogP contribution in [0.5, 0.6) is 0 Å². The van der Waals surface area contributed by atoms with Crippen LogP contribution in [0.15, 0.2) is 0 Å². The van der Waals surface area contributed by atoms with Crippen molar-refractivity contribution < 1.29 is 13.6 Å². The quantitative estimate of drug-likeness (QED) is 0.582. The van der Waals surface area contributed by atoms with Crippen molar-refractivity contribution >= 4 is 31.3 Å². The van der Waals surface area contributed by atoms with Crippen LogP contribution >= 0.6 is 0 Å². The summed E-state index contributed by atoms with van der Waals surface area (Å²) in [5, 5.41) is 0. The lowest BCUT2D eigenvalue weighted by Crippen LogP contribution is -2.37. The molecule has 5 heteroatoms. The van der Waals surface area contributed by atoms with E-state index in [2.05, 4.69) is 40.8 Å². The minimum Gasteiger partial charge on any atom is -0.545 e. The molecule has 0 rings (SSSR count). The lowest BCUT2D eigenvalue weighted by molar-refractivity contribution is -0.144. The fourth-order valence-electron chi connectivity index (χ4n) is 2.69. The Bertz CT molecular complexity index is 293. The Balaban J connectivity index is 4.88. The van der Waals surface area contributed by atoms with Gasteiger partial charge in [0.05, 0.1) is 12.0 Å². The maximum atomic E-state index is 12.2. The smallest absolute Gasteiger partial charge is 0.311 e. The number of hydrogen-bond donors (Lipinski definition) is 0. The monoisotopic (exact) mass is 313 g/mol. The van der Waals surface area contributed by atoms with Gasteiger partial charge in [-0.05, 0) is 37.1 Å². The van der Waals surface area contributed by atoms with Gasteiger partial charge in [0.25, 0.3) is 15.3 Å². The molecule has 3 unspecified atom stereocenters. The molecule has 0 aromatic carbocycles. The Labute approximate surface area is 129 Å². The normalized spacial score (nSPS) is 15.8. The van der Waals surface area contributed by atoms with E-state index in [9.17, 15) is 4.79 Å². The van der Waals surface area contributed by atoms with Crippen molar-refractivity contribution in [1.29, 1.82) is 0 Å². The zero-order chi connectivity index (χ0) is 15.7. The van der Waals surface area contributed by atoms with E-state index in [0.717, 1.165) is 12.8 Å². The predicted molar refractivity (Wildman–Crippen MR) is 87.0 cm³/mol. The summed E-state index contributed by atoms with van der Waals surface area (Å²) in [7, 11) is 0.350. The summed E-state index contributed by atoms with van der Waals surface area (Å²) in [4.78, 5) is 12.2. The first-order chi connectivity index (χ1) is 9.33. The molecular weight excluding hydrogens is 284 g/mol. The highest BCUT2D eigenvalue weighted by molar-refractivity contribution is 6.34. The van der Waals surface area contributed by atoms with E-state index in [1.165, 1.54) is 0 Å². The van der Waals surface area contributed by atoms with E-state index < -0.39 is 0 Å². The van der Waals surface area contributed by atoms with Crippen LogP contribution in [0.25, 0.3) is 0 Å². The van der Waals surface area contributed by atoms with Crippen molar-refractivity contribution in [3.8, 4) is 0 Å². The summed E-state index contributed by atoms with van der Waals surface area (Å²) in [5.41, 5.74) is 0. The molecule has 0 aliphatic heterocycles. The summed E-state index contributed by atoms with van der Waals surface area (Å²) in [6, 6.07) is 0. The van der Waals surface area contributed by atoms with Crippen LogP contribution in [0.2, 0.25) is 6.55 Å². The molecule has 3 radical (unpaired) electrons. The van der Waals surface area contributed by atoms with Crippen molar-refractivity contribution in [2.45, 2.75) is 60.1 Å². The molecule has 0 saturated heterocycles. The first kappa shape index (κ1) is 19.6. The van der Waals surface area contributed by atoms with Gasteiger partial charge in [0.15, 0.2) is 0 Å². The molecule has 0 bridgehead atoms. The van der Waals surface area contributed by atoms with Gasteiger partial charge in [-0.3, -0.25) is 4.79 Å². The van der Waals surface area contributed by atoms with E-state index in [1.54, 1.807) is 0 Å². The third-order valence-corrected chi connectivity index (χ3v) is 4.21. The average molecular weight is 314 g/mol. The van der Waals surface area contributed by atoms with Crippen LogP contribution in [-0.4, -0.2) is 37.4 Å². The van der Waals surface area contributed by atoms with Crippen molar-refractivity contribution in [3.63, 3.8) is 0 Å². The SMILES string of the molecule is C=[Si]OC(CC(C)CC(C)C)C(C(=O)O[Si]C)C(C)C. The molecule has 0 aromatic rings. The van der Waals surface area contributed by atoms with Gasteiger partial charge in [-0.25, -0.2) is 0 Å². The van der Waals surface area contributed by atoms with Crippen LogP contribution < -0.4 is 0 Å². The van der Waals surface area contributed by atoms with Gasteiger partial charge < -0.3 is 8.85 Å². The highest BCUT2D eigenvalue weighted by atomic mass is 28.2. The molecule has 3 atom stereocenters. The molecular formula is C15H29O3Si2. The van der Waals surface area contributed by atoms with Crippen LogP contribution in [0.4, 0.5) is 0 Å². The van der Waals surface area contributed by atoms with E-state index in [4.69, 9.17) is 8.85 Å². The summed E-state index contributed by atoms with van der Waals surface area (Å²) < 4.78 is 11.1. The Morgan fingerprint density at radius 1 is 1.15 bits per heavy atom. The van der Waals surface area contributed by atoms with Gasteiger partial charge in [0, 0.05) is 0 Å². The zero-order valence-corrected chi connectivity index (χ0v) is 15.7. The highest BCUT2D eigenvalue weighted by Crippen LogP contribution is 2.27. The minimum absolute atomic E-state index is 0.0802. The lowest BCUT2D eigenvalue weighted by Gasteiger charge is -2.30. The zero-order valence-electron chi connectivity index (χ0n) is 13.7. The molecule has 0 heterocycles. The Morgan fingerprint density at radius 3 is 2.15 bits per heavy atom. The summed E-state index contributed by atoms with van der Waals surface area (Å²) in [6.07, 6.45) is 5.76. The van der Waals surface area contributed by atoms with Crippen molar-refractivity contribution in [3.05, 3.63) is 0 Å². The van der Waals surface area contributed by atoms with Crippen LogP contribution in [0.1, 0.15) is 47.5 Å². The molecule has 20 heavy (non-hydrogen) atoms. The van der Waals surface area contributed by atoms with Gasteiger partial charge in [-0.1, -0.05) is 40.8 Å². The van der Waals surface area contributed by atoms with E-state index in [0.29, 0.717) is 11.8 Å². The fraction of sp³-hybridized carbons (Fsp3) is 0.867. The van der Waals surface area contributed by atoms with Crippen molar-refractivity contribution in [1.82, 2.24) is 0 Å². The first-order valence-electron chi connectivity index (χ1n) is 7.38. The van der Waals surface area contributed by atoms with Crippen LogP contribution in [-0.2, 0) is 13.6 Å². The van der Waals surface area contributed by atoms with Gasteiger partial charge in [-0.15, -0.1) is 0 Å². The molecule has 0 aromatic heterocycles. The number of hydrogen-bond acceptors (Lipinski definition) is 3. The molecule has 0 spiro atoms. The minimum atomic E-state index is -0.189. The third-order valence-electron chi connectivity index (χ3n) is 3.34. The molecule has 0 saturated carbocycles. The molecule has 0 aliphatic carbocycles. The molecule has 115 valence electrons. The van der Waals surface area contributed by atoms with Crippen molar-refractivity contribution in [2.75, 3.05) is 0 Å². The van der Waals surface area contributed by atoms with E-state index in [-0.39, 0.29) is 43.0 Å². The molecule has 0 amide bonds. The van der Waals surface area contributed by atoms with Crippen LogP contribution in [0.3, 0.4) is 0 Å². The molecule has 0 N–H and O–H groups in total. The Kier molecular flexibility index (Phi) is 10.1. The highest BCUT2D eigenvalue weighted by Gasteiger charge is 2.33. The molecule has 3 nitrogen and oxygen atoms in total. The number of carbonyl (C=O) groups excluding carboxylic acids is 1. The number of carbonyl (C=O) groups is 1. The molecule has 0 fully saturated rings. The summed E-state index contributed by atoms with van der Waals surface area (Å²) in [5.74, 6) is 1.10. The maximum absolute atomic E-state index is 12.2. The second kappa shape index (κ2) is 10.3. The van der Waals surface area contributed by atoms with Gasteiger partial charge >= 0.3 is 9.76 Å². The van der Waals surface area contributed by atoms with E-state index in [1.807, 2.05) is 6.55 Å². The van der Waals surface area contributed by atoms with Gasteiger partial charge in [-0.2, -0.15) is 0 Å². The third kappa shape index (κ3) is 7.38. The number of rotatable bonds is 10. The fourth-order valence-corrected chi connectivity index (χ4v) is 3.49. The van der Waals surface area contributed by atoms with E-state index >= 15 is 0 Å². The topological polar surface area (TPSA) is 35.5 Å². The molecule has 0 aliphatic rings. The second-order valence-electron chi connectivity index (χ2n) is 6.17. The first-order valence-corrected chi connectivity index (χ1v) is 9.90. The maximum Gasteiger partial charge on any atom is 0.311 e. The van der Waals surface area contributed by atoms with Crippen LogP contribution in [0, 0.1) is 23.7 Å². The predicted octanol–water partition coefficient (Wildman–Crippen LogP) is 2.98.